The third kappa shape index (κ3) is 4.04. The van der Waals surface area contributed by atoms with Crippen molar-refractivity contribution in [3.8, 4) is 0 Å². The van der Waals surface area contributed by atoms with Gasteiger partial charge in [-0.05, 0) is 37.9 Å². The van der Waals surface area contributed by atoms with Crippen LogP contribution in [0.15, 0.2) is 30.3 Å². The van der Waals surface area contributed by atoms with E-state index in [2.05, 4.69) is 10.7 Å². The first kappa shape index (κ1) is 19.9. The third-order valence-corrected chi connectivity index (χ3v) is 4.57. The van der Waals surface area contributed by atoms with Gasteiger partial charge in [-0.25, -0.2) is 4.79 Å². The predicted molar refractivity (Wildman–Crippen MR) is 99.0 cm³/mol. The smallest absolute Gasteiger partial charge is 0.318 e. The van der Waals surface area contributed by atoms with Gasteiger partial charge < -0.3 is 5.32 Å². The average Bonchev–Trinajstić information content (AvgIpc) is 2.88. The molecule has 1 aromatic rings. The number of nitrogens with one attached hydrogen (secondary N) is 2. The van der Waals surface area contributed by atoms with Crippen molar-refractivity contribution in [2.45, 2.75) is 45.6 Å². The van der Waals surface area contributed by atoms with E-state index in [0.29, 0.717) is 12.0 Å². The fraction of sp³-hybridized carbons (Fsp3) is 0.526. The first-order valence-corrected chi connectivity index (χ1v) is 9.22. The van der Waals surface area contributed by atoms with Crippen LogP contribution in [0.4, 0.5) is 4.79 Å². The summed E-state index contributed by atoms with van der Waals surface area (Å²) in [5.74, 6) is -0.822. The molecule has 1 aliphatic rings. The highest BCUT2D eigenvalue weighted by Crippen LogP contribution is 2.31. The molecule has 0 aromatic heterocycles. The molecule has 26 heavy (non-hydrogen) atoms. The molecular weight excluding hydrogens is 332 g/mol. The molecule has 7 nitrogen and oxygen atoms in total. The second kappa shape index (κ2) is 8.80. The van der Waals surface area contributed by atoms with Crippen molar-refractivity contribution in [2.24, 2.45) is 0 Å². The van der Waals surface area contributed by atoms with E-state index in [1.165, 1.54) is 0 Å². The number of imide groups is 1. The number of rotatable bonds is 9. The average molecular weight is 360 g/mol. The van der Waals surface area contributed by atoms with Crippen LogP contribution in [0.2, 0.25) is 0 Å². The van der Waals surface area contributed by atoms with Gasteiger partial charge in [-0.15, -0.1) is 0 Å². The largest absolute Gasteiger partial charge is 0.344 e. The van der Waals surface area contributed by atoms with Crippen molar-refractivity contribution < 1.29 is 14.4 Å². The fourth-order valence-electron chi connectivity index (χ4n) is 3.30. The van der Waals surface area contributed by atoms with Gasteiger partial charge in [0.25, 0.3) is 11.8 Å². The number of carbonyl (C=O) groups is 3. The number of urea groups is 1. The minimum Gasteiger partial charge on any atom is -0.318 e. The Morgan fingerprint density at radius 3 is 2.27 bits per heavy atom. The Kier molecular flexibility index (Phi) is 6.74. The van der Waals surface area contributed by atoms with Crippen molar-refractivity contribution in [1.82, 2.24) is 20.7 Å². The number of hydrazine groups is 1. The zero-order chi connectivity index (χ0) is 19.2. The molecule has 7 heteroatoms. The van der Waals surface area contributed by atoms with Crippen LogP contribution in [0.1, 0.15) is 45.6 Å². The van der Waals surface area contributed by atoms with Gasteiger partial charge in [-0.1, -0.05) is 51.1 Å². The molecule has 0 aliphatic carbocycles. The molecule has 2 N–H and O–H groups in total. The summed E-state index contributed by atoms with van der Waals surface area (Å²) in [6.07, 6.45) is 2.26. The first-order chi connectivity index (χ1) is 12.5. The normalized spacial score (nSPS) is 19.8. The van der Waals surface area contributed by atoms with E-state index in [1.54, 1.807) is 12.1 Å². The molecule has 1 saturated heterocycles. The highest BCUT2D eigenvalue weighted by atomic mass is 16.2. The van der Waals surface area contributed by atoms with Gasteiger partial charge >= 0.3 is 6.03 Å². The maximum absolute atomic E-state index is 13.0. The molecule has 2 rings (SSSR count). The molecule has 1 aromatic carbocycles. The van der Waals surface area contributed by atoms with E-state index < -0.39 is 17.5 Å². The summed E-state index contributed by atoms with van der Waals surface area (Å²) in [5.41, 5.74) is 2.04. The minimum absolute atomic E-state index is 0.156. The highest BCUT2D eigenvalue weighted by Gasteiger charge is 2.52. The first-order valence-electron chi connectivity index (χ1n) is 9.22. The molecule has 1 heterocycles. The van der Waals surface area contributed by atoms with Gasteiger partial charge in [0.15, 0.2) is 0 Å². The molecule has 1 aliphatic heterocycles. The second-order valence-electron chi connectivity index (χ2n) is 6.51. The number of hydrogen-bond acceptors (Lipinski definition) is 4. The molecule has 0 bridgehead atoms. The summed E-state index contributed by atoms with van der Waals surface area (Å²) < 4.78 is 0. The van der Waals surface area contributed by atoms with Crippen LogP contribution in [0.3, 0.4) is 0 Å². The lowest BCUT2D eigenvalue weighted by Gasteiger charge is -2.26. The number of amides is 4. The van der Waals surface area contributed by atoms with Gasteiger partial charge in [-0.2, -0.15) is 5.01 Å². The van der Waals surface area contributed by atoms with Crippen molar-refractivity contribution in [1.29, 1.82) is 0 Å². The quantitative estimate of drug-likeness (QED) is 0.660. The number of benzene rings is 1. The summed E-state index contributed by atoms with van der Waals surface area (Å²) in [5, 5.41) is 3.57. The van der Waals surface area contributed by atoms with Gasteiger partial charge in [0.2, 0.25) is 0 Å². The van der Waals surface area contributed by atoms with Crippen molar-refractivity contribution >= 4 is 17.8 Å². The Bertz CT molecular complexity index is 643. The standard InChI is InChI=1S/C19H28N4O3/c1-4-12-22(13-5-2)14-16(24)21-23-17(25)19(6-3,20-18(23)26)15-10-8-7-9-11-15/h7-11H,4-6,12-14H2,1-3H3,(H,20,26)(H,21,24). The second-order valence-corrected chi connectivity index (χ2v) is 6.51. The number of nitrogens with zero attached hydrogens (tertiary/aromatic N) is 2. The lowest BCUT2D eigenvalue weighted by Crippen LogP contribution is -2.51. The van der Waals surface area contributed by atoms with Crippen LogP contribution >= 0.6 is 0 Å². The summed E-state index contributed by atoms with van der Waals surface area (Å²) >= 11 is 0. The van der Waals surface area contributed by atoms with Crippen LogP contribution in [-0.2, 0) is 15.1 Å². The lowest BCUT2D eigenvalue weighted by molar-refractivity contribution is -0.139. The molecule has 1 fully saturated rings. The Balaban J connectivity index is 2.12. The fourth-order valence-corrected chi connectivity index (χ4v) is 3.30. The predicted octanol–water partition coefficient (Wildman–Crippen LogP) is 2.00. The highest BCUT2D eigenvalue weighted by molar-refractivity contribution is 6.08. The van der Waals surface area contributed by atoms with E-state index in [1.807, 2.05) is 43.9 Å². The Labute approximate surface area is 154 Å². The monoisotopic (exact) mass is 360 g/mol. The van der Waals surface area contributed by atoms with E-state index in [-0.39, 0.29) is 12.5 Å². The van der Waals surface area contributed by atoms with E-state index >= 15 is 0 Å². The molecule has 0 saturated carbocycles. The van der Waals surface area contributed by atoms with Crippen LogP contribution in [0.5, 0.6) is 0 Å². The van der Waals surface area contributed by atoms with Gasteiger partial charge in [0, 0.05) is 0 Å². The Hall–Kier alpha value is -2.41. The zero-order valence-electron chi connectivity index (χ0n) is 15.7. The van der Waals surface area contributed by atoms with Gasteiger partial charge in [-0.3, -0.25) is 19.9 Å². The number of hydrogen-bond donors (Lipinski definition) is 2. The van der Waals surface area contributed by atoms with E-state index in [0.717, 1.165) is 30.9 Å². The van der Waals surface area contributed by atoms with Crippen LogP contribution in [0.25, 0.3) is 0 Å². The number of carbonyl (C=O) groups excluding carboxylic acids is 3. The van der Waals surface area contributed by atoms with Crippen molar-refractivity contribution in [2.75, 3.05) is 19.6 Å². The van der Waals surface area contributed by atoms with E-state index in [4.69, 9.17) is 0 Å². The Morgan fingerprint density at radius 2 is 1.73 bits per heavy atom. The third-order valence-electron chi connectivity index (χ3n) is 4.57. The maximum atomic E-state index is 13.0. The summed E-state index contributed by atoms with van der Waals surface area (Å²) in [4.78, 5) is 39.7. The van der Waals surface area contributed by atoms with Crippen molar-refractivity contribution in [3.63, 3.8) is 0 Å². The minimum atomic E-state index is -1.14. The molecule has 1 unspecified atom stereocenters. The van der Waals surface area contributed by atoms with Crippen molar-refractivity contribution in [3.05, 3.63) is 35.9 Å². The summed E-state index contributed by atoms with van der Waals surface area (Å²) in [7, 11) is 0. The molecule has 1 atom stereocenters. The molecule has 0 spiro atoms. The summed E-state index contributed by atoms with van der Waals surface area (Å²) in [6.45, 7) is 7.68. The topological polar surface area (TPSA) is 81.8 Å². The Morgan fingerprint density at radius 1 is 1.12 bits per heavy atom. The SMILES string of the molecule is CCCN(CCC)CC(=O)NN1C(=O)NC(CC)(c2ccccc2)C1=O. The molecule has 4 amide bonds. The van der Waals surface area contributed by atoms with Crippen LogP contribution in [-0.4, -0.2) is 47.4 Å². The molecular formula is C19H28N4O3. The lowest BCUT2D eigenvalue weighted by atomic mass is 9.87. The van der Waals surface area contributed by atoms with E-state index in [9.17, 15) is 14.4 Å². The van der Waals surface area contributed by atoms with Crippen LogP contribution < -0.4 is 10.7 Å². The van der Waals surface area contributed by atoms with Gasteiger partial charge in [0.05, 0.1) is 6.54 Å². The van der Waals surface area contributed by atoms with Gasteiger partial charge in [0.1, 0.15) is 5.54 Å². The summed E-state index contributed by atoms with van der Waals surface area (Å²) in [6, 6.07) is 8.49. The van der Waals surface area contributed by atoms with Crippen LogP contribution in [0, 0.1) is 0 Å². The maximum Gasteiger partial charge on any atom is 0.344 e. The zero-order valence-corrected chi connectivity index (χ0v) is 15.7. The molecule has 0 radical (unpaired) electrons. The molecule has 142 valence electrons.